The highest BCUT2D eigenvalue weighted by Gasteiger charge is 2.62. The first-order chi connectivity index (χ1) is 14.6. The average molecular weight is 423 g/mol. The van der Waals surface area contributed by atoms with Gasteiger partial charge < -0.3 is 9.64 Å². The molecule has 0 radical (unpaired) electrons. The molecule has 154 valence electrons. The van der Waals surface area contributed by atoms with Crippen LogP contribution in [0.4, 0.5) is 16.2 Å². The van der Waals surface area contributed by atoms with Gasteiger partial charge >= 0.3 is 6.03 Å². The number of ether oxygens (including phenoxy) is 1. The van der Waals surface area contributed by atoms with Crippen LogP contribution in [-0.4, -0.2) is 49.0 Å². The summed E-state index contributed by atoms with van der Waals surface area (Å²) in [4.78, 5) is 43.2. The summed E-state index contributed by atoms with van der Waals surface area (Å²) < 4.78 is 5.18. The number of nitrogens with zero attached hydrogens (tertiary/aromatic N) is 2. The zero-order chi connectivity index (χ0) is 20.9. The Morgan fingerprint density at radius 3 is 2.63 bits per heavy atom. The maximum atomic E-state index is 13.9. The van der Waals surface area contributed by atoms with Gasteiger partial charge in [0.15, 0.2) is 5.41 Å². The van der Waals surface area contributed by atoms with Crippen molar-refractivity contribution in [1.29, 1.82) is 0 Å². The van der Waals surface area contributed by atoms with Crippen molar-refractivity contribution in [3.05, 3.63) is 54.1 Å². The third kappa shape index (κ3) is 2.63. The van der Waals surface area contributed by atoms with Gasteiger partial charge in [0.2, 0.25) is 5.91 Å². The zero-order valence-electron chi connectivity index (χ0n) is 16.5. The van der Waals surface area contributed by atoms with Gasteiger partial charge in [0.05, 0.1) is 18.8 Å². The van der Waals surface area contributed by atoms with Gasteiger partial charge in [0.25, 0.3) is 5.91 Å². The Morgan fingerprint density at radius 1 is 1.10 bits per heavy atom. The number of carbonyl (C=O) groups excluding carboxylic acids is 3. The molecule has 2 aromatic carbocycles. The molecule has 7 nitrogen and oxygen atoms in total. The lowest BCUT2D eigenvalue weighted by Crippen LogP contribution is -2.73. The summed E-state index contributed by atoms with van der Waals surface area (Å²) in [6.07, 6.45) is 0.273. The number of nitrogens with one attached hydrogen (secondary N) is 1. The predicted molar refractivity (Wildman–Crippen MR) is 115 cm³/mol. The van der Waals surface area contributed by atoms with Crippen molar-refractivity contribution < 1.29 is 19.1 Å². The molecule has 4 amide bonds. The molecule has 2 fully saturated rings. The number of fused-ring (bicyclic) bond motifs is 4. The molecule has 3 aliphatic heterocycles. The number of benzene rings is 2. The van der Waals surface area contributed by atoms with Crippen LogP contribution in [0.1, 0.15) is 5.56 Å². The van der Waals surface area contributed by atoms with E-state index in [1.807, 2.05) is 24.3 Å². The first-order valence-electron chi connectivity index (χ1n) is 9.82. The van der Waals surface area contributed by atoms with E-state index in [2.05, 4.69) is 10.2 Å². The van der Waals surface area contributed by atoms with Crippen LogP contribution < -0.4 is 19.9 Å². The van der Waals surface area contributed by atoms with Crippen LogP contribution in [0, 0.1) is 5.41 Å². The smallest absolute Gasteiger partial charge is 0.335 e. The van der Waals surface area contributed by atoms with Crippen LogP contribution >= 0.6 is 11.8 Å². The van der Waals surface area contributed by atoms with Crippen LogP contribution in [0.2, 0.25) is 0 Å². The van der Waals surface area contributed by atoms with E-state index in [9.17, 15) is 14.4 Å². The van der Waals surface area contributed by atoms with Crippen LogP contribution in [0.3, 0.4) is 0 Å². The van der Waals surface area contributed by atoms with Crippen molar-refractivity contribution in [2.24, 2.45) is 5.41 Å². The molecule has 0 bridgehead atoms. The lowest BCUT2D eigenvalue weighted by molar-refractivity contribution is -0.144. The SMILES string of the molecule is COc1ccc(N2C(=O)NC(=O)[C@]3(Cc4ccccc4N4CCSC[C@@H]43)C2=O)cc1. The molecule has 0 saturated carbocycles. The molecule has 1 N–H and O–H groups in total. The monoisotopic (exact) mass is 423 g/mol. The van der Waals surface area contributed by atoms with Crippen molar-refractivity contribution in [2.45, 2.75) is 12.5 Å². The number of methoxy groups -OCH3 is 1. The number of hydrogen-bond acceptors (Lipinski definition) is 6. The van der Waals surface area contributed by atoms with E-state index < -0.39 is 23.3 Å². The molecule has 2 saturated heterocycles. The molecule has 8 heteroatoms. The minimum atomic E-state index is -1.35. The topological polar surface area (TPSA) is 79.0 Å². The number of carbonyl (C=O) groups is 3. The number of hydrogen-bond donors (Lipinski definition) is 1. The largest absolute Gasteiger partial charge is 0.497 e. The Morgan fingerprint density at radius 2 is 1.87 bits per heavy atom. The number of anilines is 2. The normalized spacial score (nSPS) is 25.6. The first kappa shape index (κ1) is 19.0. The number of amides is 4. The molecule has 0 aliphatic carbocycles. The van der Waals surface area contributed by atoms with Crippen molar-refractivity contribution in [3.8, 4) is 5.75 Å². The summed E-state index contributed by atoms with van der Waals surface area (Å²) in [5.41, 5.74) is 1.09. The van der Waals surface area contributed by atoms with Crippen LogP contribution in [0.15, 0.2) is 48.5 Å². The maximum absolute atomic E-state index is 13.9. The zero-order valence-corrected chi connectivity index (χ0v) is 17.3. The predicted octanol–water partition coefficient (Wildman–Crippen LogP) is 2.44. The van der Waals surface area contributed by atoms with Crippen molar-refractivity contribution in [2.75, 3.05) is 35.0 Å². The van der Waals surface area contributed by atoms with E-state index >= 15 is 0 Å². The van der Waals surface area contributed by atoms with Crippen LogP contribution in [0.5, 0.6) is 5.75 Å². The minimum Gasteiger partial charge on any atom is -0.497 e. The summed E-state index contributed by atoms with van der Waals surface area (Å²) in [5, 5.41) is 2.47. The molecule has 2 atom stereocenters. The van der Waals surface area contributed by atoms with E-state index in [0.717, 1.165) is 28.4 Å². The number of para-hydroxylation sites is 1. The standard InChI is InChI=1S/C22H21N3O4S/c1-29-16-8-6-15(7-9-16)25-20(27)22(19(26)23-21(25)28)12-14-4-2-3-5-17(14)24-10-11-30-13-18(22)24/h2-9,18H,10-13H2,1H3,(H,23,26,28)/t18-,22-/m1/s1. The number of barbiturate groups is 1. The van der Waals surface area contributed by atoms with Gasteiger partial charge in [0, 0.05) is 23.7 Å². The second-order valence-electron chi connectivity index (χ2n) is 7.66. The fourth-order valence-corrected chi connectivity index (χ4v) is 5.91. The molecule has 2 aromatic rings. The fourth-order valence-electron chi connectivity index (χ4n) is 4.73. The summed E-state index contributed by atoms with van der Waals surface area (Å²) in [7, 11) is 1.55. The third-order valence-electron chi connectivity index (χ3n) is 6.21. The second-order valence-corrected chi connectivity index (χ2v) is 8.81. The van der Waals surface area contributed by atoms with Crippen LogP contribution in [0.25, 0.3) is 0 Å². The number of urea groups is 1. The Kier molecular flexibility index (Phi) is 4.47. The minimum absolute atomic E-state index is 0.273. The Balaban J connectivity index is 1.63. The number of imide groups is 2. The Hall–Kier alpha value is -3.00. The Labute approximate surface area is 178 Å². The van der Waals surface area contributed by atoms with Gasteiger partial charge in [-0.3, -0.25) is 14.9 Å². The number of rotatable bonds is 2. The lowest BCUT2D eigenvalue weighted by atomic mass is 9.69. The number of thioether (sulfide) groups is 1. The molecular formula is C22H21N3O4S. The molecule has 3 aliphatic rings. The molecule has 1 spiro atoms. The van der Waals surface area contributed by atoms with E-state index in [-0.39, 0.29) is 12.5 Å². The van der Waals surface area contributed by atoms with Gasteiger partial charge in [-0.25, -0.2) is 9.69 Å². The maximum Gasteiger partial charge on any atom is 0.335 e. The summed E-state index contributed by atoms with van der Waals surface area (Å²) in [5.74, 6) is 1.23. The highest BCUT2D eigenvalue weighted by molar-refractivity contribution is 7.99. The fraction of sp³-hybridized carbons (Fsp3) is 0.318. The van der Waals surface area contributed by atoms with Crippen molar-refractivity contribution >= 4 is 41.0 Å². The van der Waals surface area contributed by atoms with Gasteiger partial charge in [-0.15, -0.1) is 0 Å². The molecule has 30 heavy (non-hydrogen) atoms. The molecule has 0 aromatic heterocycles. The van der Waals surface area contributed by atoms with Crippen molar-refractivity contribution in [3.63, 3.8) is 0 Å². The summed E-state index contributed by atoms with van der Waals surface area (Å²) in [6.45, 7) is 0.755. The molecular weight excluding hydrogens is 402 g/mol. The van der Waals surface area contributed by atoms with E-state index in [0.29, 0.717) is 17.2 Å². The lowest BCUT2D eigenvalue weighted by Gasteiger charge is -2.53. The quantitative estimate of drug-likeness (QED) is 0.748. The van der Waals surface area contributed by atoms with Crippen LogP contribution in [-0.2, 0) is 16.0 Å². The molecule has 3 heterocycles. The van der Waals surface area contributed by atoms with Gasteiger partial charge in [-0.05, 0) is 42.3 Å². The highest BCUT2D eigenvalue weighted by Crippen LogP contribution is 2.47. The molecule has 0 unspecified atom stereocenters. The van der Waals surface area contributed by atoms with Gasteiger partial charge in [-0.1, -0.05) is 18.2 Å². The van der Waals surface area contributed by atoms with E-state index in [1.54, 1.807) is 43.1 Å². The van der Waals surface area contributed by atoms with Gasteiger partial charge in [0.1, 0.15) is 5.75 Å². The van der Waals surface area contributed by atoms with E-state index in [1.165, 1.54) is 0 Å². The summed E-state index contributed by atoms with van der Waals surface area (Å²) >= 11 is 1.74. The van der Waals surface area contributed by atoms with Crippen molar-refractivity contribution in [1.82, 2.24) is 5.32 Å². The Bertz CT molecular complexity index is 1040. The second kappa shape index (κ2) is 7.05. The highest BCUT2D eigenvalue weighted by atomic mass is 32.2. The average Bonchev–Trinajstić information content (AvgIpc) is 2.78. The first-order valence-corrected chi connectivity index (χ1v) is 11.0. The van der Waals surface area contributed by atoms with Gasteiger partial charge in [-0.2, -0.15) is 11.8 Å². The third-order valence-corrected chi connectivity index (χ3v) is 7.23. The summed E-state index contributed by atoms with van der Waals surface area (Å²) in [6, 6.07) is 13.6. The van der Waals surface area contributed by atoms with E-state index in [4.69, 9.17) is 4.74 Å². The molecule has 5 rings (SSSR count).